The number of methoxy groups -OCH3 is 2. The van der Waals surface area contributed by atoms with Crippen LogP contribution >= 0.6 is 11.8 Å². The second-order valence-electron chi connectivity index (χ2n) is 2.87. The molecule has 0 aromatic carbocycles. The van der Waals surface area contributed by atoms with Crippen molar-refractivity contribution in [1.82, 2.24) is 5.32 Å². The Morgan fingerprint density at radius 3 is 2.31 bits per heavy atom. The summed E-state index contributed by atoms with van der Waals surface area (Å²) in [6.07, 6.45) is 3.13. The zero-order valence-corrected chi connectivity index (χ0v) is 9.82. The minimum Gasteiger partial charge on any atom is -0.355 e. The molecule has 0 aromatic heterocycles. The largest absolute Gasteiger partial charge is 0.355 e. The molecule has 13 heavy (non-hydrogen) atoms. The van der Waals surface area contributed by atoms with E-state index in [9.17, 15) is 0 Å². The third-order valence-electron chi connectivity index (χ3n) is 1.96. The number of hydrogen-bond acceptors (Lipinski definition) is 4. The molecule has 0 saturated heterocycles. The Labute approximate surface area is 85.6 Å². The van der Waals surface area contributed by atoms with Crippen LogP contribution in [0.15, 0.2) is 0 Å². The van der Waals surface area contributed by atoms with Gasteiger partial charge in [-0.15, -0.1) is 0 Å². The first-order valence-electron chi connectivity index (χ1n) is 4.56. The van der Waals surface area contributed by atoms with Crippen molar-refractivity contribution in [2.24, 2.45) is 0 Å². The summed E-state index contributed by atoms with van der Waals surface area (Å²) in [5.41, 5.74) is 0. The second-order valence-corrected chi connectivity index (χ2v) is 3.78. The van der Waals surface area contributed by atoms with Crippen molar-refractivity contribution in [2.75, 3.05) is 32.8 Å². The van der Waals surface area contributed by atoms with E-state index in [1.807, 2.05) is 11.8 Å². The second kappa shape index (κ2) is 8.81. The quantitative estimate of drug-likeness (QED) is 0.608. The molecule has 1 N–H and O–H groups in total. The molecule has 1 unspecified atom stereocenters. The molecule has 0 heterocycles. The molecule has 0 spiro atoms. The minimum atomic E-state index is -0.129. The number of rotatable bonds is 8. The highest BCUT2D eigenvalue weighted by Gasteiger charge is 2.08. The van der Waals surface area contributed by atoms with Gasteiger partial charge in [0, 0.05) is 32.6 Å². The maximum Gasteiger partial charge on any atom is 0.169 e. The Morgan fingerprint density at radius 2 is 1.92 bits per heavy atom. The lowest BCUT2D eigenvalue weighted by Crippen LogP contribution is -2.38. The van der Waals surface area contributed by atoms with Crippen LogP contribution in [0.25, 0.3) is 0 Å². The molecule has 0 aromatic rings. The van der Waals surface area contributed by atoms with E-state index in [-0.39, 0.29) is 6.29 Å². The fourth-order valence-corrected chi connectivity index (χ4v) is 1.80. The summed E-state index contributed by atoms with van der Waals surface area (Å²) in [5.74, 6) is 1.14. The van der Waals surface area contributed by atoms with E-state index in [4.69, 9.17) is 9.47 Å². The first kappa shape index (κ1) is 13.2. The van der Waals surface area contributed by atoms with E-state index in [0.717, 1.165) is 18.7 Å². The number of hydrogen-bond donors (Lipinski definition) is 1. The summed E-state index contributed by atoms with van der Waals surface area (Å²) >= 11 is 1.86. The molecule has 80 valence electrons. The SMILES string of the molecule is CCC(CSC)NCC(OC)OC. The van der Waals surface area contributed by atoms with E-state index in [2.05, 4.69) is 18.5 Å². The first-order valence-corrected chi connectivity index (χ1v) is 5.95. The van der Waals surface area contributed by atoms with Gasteiger partial charge in [-0.25, -0.2) is 0 Å². The van der Waals surface area contributed by atoms with Gasteiger partial charge in [-0.2, -0.15) is 11.8 Å². The lowest BCUT2D eigenvalue weighted by atomic mass is 10.2. The van der Waals surface area contributed by atoms with Gasteiger partial charge in [0.15, 0.2) is 6.29 Å². The molecule has 3 nitrogen and oxygen atoms in total. The molecule has 0 radical (unpaired) electrons. The summed E-state index contributed by atoms with van der Waals surface area (Å²) in [6, 6.07) is 0.558. The van der Waals surface area contributed by atoms with Crippen LogP contribution in [0, 0.1) is 0 Å². The van der Waals surface area contributed by atoms with Gasteiger partial charge in [0.2, 0.25) is 0 Å². The van der Waals surface area contributed by atoms with Crippen LogP contribution in [0.2, 0.25) is 0 Å². The maximum absolute atomic E-state index is 5.08. The zero-order chi connectivity index (χ0) is 10.1. The predicted octanol–water partition coefficient (Wildman–Crippen LogP) is 1.34. The topological polar surface area (TPSA) is 30.5 Å². The highest BCUT2D eigenvalue weighted by molar-refractivity contribution is 7.98. The third kappa shape index (κ3) is 6.32. The highest BCUT2D eigenvalue weighted by atomic mass is 32.2. The maximum atomic E-state index is 5.08. The summed E-state index contributed by atoms with van der Waals surface area (Å²) < 4.78 is 10.2. The summed E-state index contributed by atoms with van der Waals surface area (Å²) in [5, 5.41) is 3.40. The smallest absolute Gasteiger partial charge is 0.169 e. The Morgan fingerprint density at radius 1 is 1.31 bits per heavy atom. The summed E-state index contributed by atoms with van der Waals surface area (Å²) in [6.45, 7) is 2.94. The van der Waals surface area contributed by atoms with Gasteiger partial charge in [0.25, 0.3) is 0 Å². The summed E-state index contributed by atoms with van der Waals surface area (Å²) in [7, 11) is 3.32. The molecule has 0 amide bonds. The molecule has 1 atom stereocenters. The molecular weight excluding hydrogens is 186 g/mol. The van der Waals surface area contributed by atoms with E-state index in [1.54, 1.807) is 14.2 Å². The van der Waals surface area contributed by atoms with E-state index in [0.29, 0.717) is 6.04 Å². The van der Waals surface area contributed by atoms with Crippen molar-refractivity contribution < 1.29 is 9.47 Å². The van der Waals surface area contributed by atoms with Gasteiger partial charge in [0.1, 0.15) is 0 Å². The van der Waals surface area contributed by atoms with Gasteiger partial charge in [-0.3, -0.25) is 0 Å². The van der Waals surface area contributed by atoms with Gasteiger partial charge in [-0.05, 0) is 12.7 Å². The van der Waals surface area contributed by atoms with Crippen LogP contribution < -0.4 is 5.32 Å². The zero-order valence-electron chi connectivity index (χ0n) is 9.00. The first-order chi connectivity index (χ1) is 6.28. The molecule has 0 aliphatic carbocycles. The highest BCUT2D eigenvalue weighted by Crippen LogP contribution is 2.01. The van der Waals surface area contributed by atoms with Crippen molar-refractivity contribution in [3.05, 3.63) is 0 Å². The fraction of sp³-hybridized carbons (Fsp3) is 1.00. The van der Waals surface area contributed by atoms with Crippen LogP contribution in [0.3, 0.4) is 0 Å². The van der Waals surface area contributed by atoms with Crippen LogP contribution in [0.1, 0.15) is 13.3 Å². The van der Waals surface area contributed by atoms with Gasteiger partial charge in [-0.1, -0.05) is 6.92 Å². The molecular formula is C9H21NO2S. The van der Waals surface area contributed by atoms with E-state index >= 15 is 0 Å². The average Bonchev–Trinajstić information content (AvgIpc) is 2.17. The van der Waals surface area contributed by atoms with E-state index < -0.39 is 0 Å². The lowest BCUT2D eigenvalue weighted by Gasteiger charge is -2.19. The van der Waals surface area contributed by atoms with Crippen molar-refractivity contribution >= 4 is 11.8 Å². The fourth-order valence-electron chi connectivity index (χ4n) is 1.05. The Kier molecular flexibility index (Phi) is 8.97. The number of ether oxygens (including phenoxy) is 2. The standard InChI is InChI=1S/C9H21NO2S/c1-5-8(7-13-4)10-6-9(11-2)12-3/h8-10H,5-7H2,1-4H3. The molecule has 0 aliphatic heterocycles. The third-order valence-corrected chi connectivity index (χ3v) is 2.70. The van der Waals surface area contributed by atoms with Crippen molar-refractivity contribution in [1.29, 1.82) is 0 Å². The number of nitrogens with one attached hydrogen (secondary N) is 1. The minimum absolute atomic E-state index is 0.129. The van der Waals surface area contributed by atoms with Crippen LogP contribution in [0.4, 0.5) is 0 Å². The van der Waals surface area contributed by atoms with Crippen molar-refractivity contribution in [3.8, 4) is 0 Å². The molecule has 0 aliphatic rings. The molecule has 0 rings (SSSR count). The van der Waals surface area contributed by atoms with Crippen molar-refractivity contribution in [3.63, 3.8) is 0 Å². The van der Waals surface area contributed by atoms with Crippen LogP contribution in [-0.2, 0) is 9.47 Å². The summed E-state index contributed by atoms with van der Waals surface area (Å²) in [4.78, 5) is 0. The Balaban J connectivity index is 3.56. The lowest BCUT2D eigenvalue weighted by molar-refractivity contribution is -0.0996. The van der Waals surface area contributed by atoms with Crippen molar-refractivity contribution in [2.45, 2.75) is 25.7 Å². The molecule has 0 fully saturated rings. The Bertz CT molecular complexity index is 110. The average molecular weight is 207 g/mol. The molecule has 0 saturated carbocycles. The van der Waals surface area contributed by atoms with E-state index in [1.165, 1.54) is 0 Å². The van der Waals surface area contributed by atoms with Gasteiger partial charge in [0.05, 0.1) is 0 Å². The van der Waals surface area contributed by atoms with Crippen LogP contribution in [-0.4, -0.2) is 45.1 Å². The normalized spacial score (nSPS) is 13.6. The molecule has 0 bridgehead atoms. The number of thioether (sulfide) groups is 1. The Hall–Kier alpha value is 0.230. The monoisotopic (exact) mass is 207 g/mol. The van der Waals surface area contributed by atoms with Gasteiger partial charge < -0.3 is 14.8 Å². The molecule has 4 heteroatoms. The van der Waals surface area contributed by atoms with Crippen LogP contribution in [0.5, 0.6) is 0 Å². The predicted molar refractivity (Wildman–Crippen MR) is 58.3 cm³/mol. The van der Waals surface area contributed by atoms with Gasteiger partial charge >= 0.3 is 0 Å².